The molecule has 23 heavy (non-hydrogen) atoms. The highest BCUT2D eigenvalue weighted by Crippen LogP contribution is 2.25. The van der Waals surface area contributed by atoms with Crippen molar-refractivity contribution in [3.8, 4) is 0 Å². The Morgan fingerprint density at radius 3 is 2.61 bits per heavy atom. The average Bonchev–Trinajstić information content (AvgIpc) is 2.78. The predicted molar refractivity (Wildman–Crippen MR) is 84.3 cm³/mol. The Kier molecular flexibility index (Phi) is 5.39. The van der Waals surface area contributed by atoms with Gasteiger partial charge >= 0.3 is 5.97 Å². The largest absolute Gasteiger partial charge is 0.481 e. The number of hydrogen-bond acceptors (Lipinski definition) is 4. The van der Waals surface area contributed by atoms with Gasteiger partial charge in [-0.15, -0.1) is 0 Å². The fourth-order valence-electron chi connectivity index (χ4n) is 2.33. The molecule has 1 heterocycles. The van der Waals surface area contributed by atoms with Gasteiger partial charge in [-0.05, 0) is 25.5 Å². The third-order valence-corrected chi connectivity index (χ3v) is 3.86. The highest BCUT2D eigenvalue weighted by Gasteiger charge is 2.22. The molecule has 0 radical (unpaired) electrons. The molecule has 0 saturated heterocycles. The quantitative estimate of drug-likeness (QED) is 0.846. The minimum absolute atomic E-state index is 0.0712. The molecule has 7 heteroatoms. The summed E-state index contributed by atoms with van der Waals surface area (Å²) in [7, 11) is 0. The number of amides is 1. The first-order valence-electron chi connectivity index (χ1n) is 7.05. The third-order valence-electron chi connectivity index (χ3n) is 3.51. The van der Waals surface area contributed by atoms with E-state index in [1.165, 1.54) is 0 Å². The van der Waals surface area contributed by atoms with Crippen LogP contribution in [0.5, 0.6) is 0 Å². The lowest BCUT2D eigenvalue weighted by atomic mass is 10.0. The lowest BCUT2D eigenvalue weighted by Gasteiger charge is -2.18. The fraction of sp³-hybridized carbons (Fsp3) is 0.312. The number of aryl methyl sites for hydroxylation is 2. The van der Waals surface area contributed by atoms with Crippen LogP contribution in [-0.4, -0.2) is 22.1 Å². The van der Waals surface area contributed by atoms with Gasteiger partial charge in [0, 0.05) is 10.6 Å². The van der Waals surface area contributed by atoms with Crippen LogP contribution in [0.2, 0.25) is 5.02 Å². The zero-order valence-corrected chi connectivity index (χ0v) is 13.6. The molecule has 6 nitrogen and oxygen atoms in total. The van der Waals surface area contributed by atoms with Crippen LogP contribution >= 0.6 is 11.6 Å². The van der Waals surface area contributed by atoms with Gasteiger partial charge < -0.3 is 14.9 Å². The molecule has 0 aliphatic heterocycles. The van der Waals surface area contributed by atoms with Crippen molar-refractivity contribution in [1.82, 2.24) is 10.5 Å². The van der Waals surface area contributed by atoms with E-state index in [1.54, 1.807) is 38.1 Å². The summed E-state index contributed by atoms with van der Waals surface area (Å²) in [5, 5.41) is 16.0. The first-order chi connectivity index (χ1) is 10.9. The summed E-state index contributed by atoms with van der Waals surface area (Å²) >= 11 is 6.11. The number of nitrogens with zero attached hydrogens (tertiary/aromatic N) is 1. The molecule has 1 aromatic heterocycles. The molecule has 0 unspecified atom stereocenters. The molecule has 1 aromatic carbocycles. The van der Waals surface area contributed by atoms with Crippen LogP contribution in [-0.2, 0) is 16.0 Å². The number of rotatable bonds is 6. The third kappa shape index (κ3) is 4.32. The normalized spacial score (nSPS) is 12.0. The Labute approximate surface area is 138 Å². The maximum absolute atomic E-state index is 12.3. The van der Waals surface area contributed by atoms with Gasteiger partial charge in [0.25, 0.3) is 0 Å². The van der Waals surface area contributed by atoms with E-state index in [0.29, 0.717) is 27.6 Å². The van der Waals surface area contributed by atoms with Crippen LogP contribution in [0.15, 0.2) is 28.8 Å². The van der Waals surface area contributed by atoms with E-state index in [2.05, 4.69) is 10.5 Å². The van der Waals surface area contributed by atoms with Crippen molar-refractivity contribution in [2.45, 2.75) is 32.7 Å². The van der Waals surface area contributed by atoms with Gasteiger partial charge in [-0.3, -0.25) is 9.59 Å². The smallest absolute Gasteiger partial charge is 0.305 e. The molecular formula is C16H17ClN2O4. The maximum Gasteiger partial charge on any atom is 0.305 e. The van der Waals surface area contributed by atoms with Gasteiger partial charge in [0.05, 0.1) is 24.6 Å². The van der Waals surface area contributed by atoms with E-state index in [9.17, 15) is 9.59 Å². The predicted octanol–water partition coefficient (Wildman–Crippen LogP) is 2.82. The molecule has 0 bridgehead atoms. The number of carbonyl (C=O) groups excluding carboxylic acids is 1. The van der Waals surface area contributed by atoms with Gasteiger partial charge in [-0.25, -0.2) is 0 Å². The molecular weight excluding hydrogens is 320 g/mol. The molecule has 0 aliphatic rings. The van der Waals surface area contributed by atoms with Crippen LogP contribution in [0.4, 0.5) is 0 Å². The Bertz CT molecular complexity index is 707. The van der Waals surface area contributed by atoms with Gasteiger partial charge in [0.2, 0.25) is 5.91 Å². The van der Waals surface area contributed by atoms with Crippen molar-refractivity contribution in [3.63, 3.8) is 0 Å². The maximum atomic E-state index is 12.3. The summed E-state index contributed by atoms with van der Waals surface area (Å²) < 4.78 is 5.02. The molecule has 2 rings (SSSR count). The minimum Gasteiger partial charge on any atom is -0.481 e. The molecule has 2 N–H and O–H groups in total. The van der Waals surface area contributed by atoms with E-state index in [0.717, 1.165) is 0 Å². The van der Waals surface area contributed by atoms with Gasteiger partial charge in [0.15, 0.2) is 0 Å². The molecule has 0 saturated carbocycles. The van der Waals surface area contributed by atoms with Gasteiger partial charge in [-0.2, -0.15) is 0 Å². The number of carbonyl (C=O) groups is 2. The summed E-state index contributed by atoms with van der Waals surface area (Å²) in [5.41, 5.74) is 1.92. The Morgan fingerprint density at radius 1 is 1.35 bits per heavy atom. The van der Waals surface area contributed by atoms with Gasteiger partial charge in [-0.1, -0.05) is 35.0 Å². The zero-order chi connectivity index (χ0) is 17.0. The number of carboxylic acid groups (broad SMARTS) is 1. The van der Waals surface area contributed by atoms with Gasteiger partial charge in [0.1, 0.15) is 5.76 Å². The Hall–Kier alpha value is -2.34. The van der Waals surface area contributed by atoms with Crippen molar-refractivity contribution in [3.05, 3.63) is 51.9 Å². The van der Waals surface area contributed by atoms with E-state index < -0.39 is 12.0 Å². The van der Waals surface area contributed by atoms with Crippen LogP contribution in [0, 0.1) is 13.8 Å². The van der Waals surface area contributed by atoms with Crippen molar-refractivity contribution >= 4 is 23.5 Å². The van der Waals surface area contributed by atoms with Crippen molar-refractivity contribution in [2.24, 2.45) is 0 Å². The molecule has 1 atom stereocenters. The van der Waals surface area contributed by atoms with E-state index in [-0.39, 0.29) is 18.7 Å². The van der Waals surface area contributed by atoms with Crippen LogP contribution in [0.25, 0.3) is 0 Å². The second kappa shape index (κ2) is 7.28. The lowest BCUT2D eigenvalue weighted by molar-refractivity contribution is -0.137. The van der Waals surface area contributed by atoms with E-state index in [1.807, 2.05) is 0 Å². The topological polar surface area (TPSA) is 92.4 Å². The van der Waals surface area contributed by atoms with Crippen LogP contribution in [0.1, 0.15) is 35.0 Å². The molecule has 122 valence electrons. The summed E-state index contributed by atoms with van der Waals surface area (Å²) in [5.74, 6) is -0.761. The summed E-state index contributed by atoms with van der Waals surface area (Å²) in [6, 6.07) is 6.15. The number of carboxylic acids is 1. The lowest BCUT2D eigenvalue weighted by Crippen LogP contribution is -2.31. The molecule has 1 amide bonds. The molecule has 0 spiro atoms. The number of halogens is 1. The summed E-state index contributed by atoms with van der Waals surface area (Å²) in [4.78, 5) is 23.4. The van der Waals surface area contributed by atoms with Crippen molar-refractivity contribution < 1.29 is 19.2 Å². The van der Waals surface area contributed by atoms with E-state index >= 15 is 0 Å². The highest BCUT2D eigenvalue weighted by molar-refractivity contribution is 6.31. The van der Waals surface area contributed by atoms with Crippen molar-refractivity contribution in [1.29, 1.82) is 0 Å². The first kappa shape index (κ1) is 17.0. The highest BCUT2D eigenvalue weighted by atomic mass is 35.5. The zero-order valence-electron chi connectivity index (χ0n) is 12.8. The van der Waals surface area contributed by atoms with Crippen LogP contribution < -0.4 is 5.32 Å². The SMILES string of the molecule is Cc1noc(C)c1CC(=O)N[C@H](CC(=O)O)c1ccccc1Cl. The second-order valence-electron chi connectivity index (χ2n) is 5.22. The Balaban J connectivity index is 2.16. The second-order valence-corrected chi connectivity index (χ2v) is 5.63. The number of hydrogen-bond donors (Lipinski definition) is 2. The molecule has 0 aliphatic carbocycles. The fourth-order valence-corrected chi connectivity index (χ4v) is 2.60. The number of aromatic nitrogens is 1. The van der Waals surface area contributed by atoms with Crippen LogP contribution in [0.3, 0.4) is 0 Å². The molecule has 2 aromatic rings. The standard InChI is InChI=1S/C16H17ClN2O4/c1-9-12(10(2)23-19-9)7-15(20)18-14(8-16(21)22)11-5-3-4-6-13(11)17/h3-6,14H,7-8H2,1-2H3,(H,18,20)(H,21,22)/t14-/m1/s1. The Morgan fingerprint density at radius 2 is 2.04 bits per heavy atom. The number of nitrogens with one attached hydrogen (secondary N) is 1. The van der Waals surface area contributed by atoms with Crippen molar-refractivity contribution in [2.75, 3.05) is 0 Å². The molecule has 0 fully saturated rings. The number of benzene rings is 1. The summed E-state index contributed by atoms with van der Waals surface area (Å²) in [6.45, 7) is 3.48. The summed E-state index contributed by atoms with van der Waals surface area (Å²) in [6.07, 6.45) is -0.182. The van der Waals surface area contributed by atoms with E-state index in [4.69, 9.17) is 21.2 Å². The number of aliphatic carboxylic acids is 1. The first-order valence-corrected chi connectivity index (χ1v) is 7.43. The average molecular weight is 337 g/mol. The monoisotopic (exact) mass is 336 g/mol. The minimum atomic E-state index is -1.02.